The summed E-state index contributed by atoms with van der Waals surface area (Å²) < 4.78 is 5.43. The quantitative estimate of drug-likeness (QED) is 0.319. The molecule has 0 heterocycles. The molecule has 1 saturated carbocycles. The van der Waals surface area contributed by atoms with Crippen LogP contribution in [0.5, 0.6) is 0 Å². The number of aliphatic hydroxyl groups excluding tert-OH is 1. The third kappa shape index (κ3) is 10.4. The Kier molecular flexibility index (Phi) is 11.7. The first-order valence-corrected chi connectivity index (χ1v) is 7.04. The van der Waals surface area contributed by atoms with Crippen molar-refractivity contribution in [2.45, 2.75) is 39.2 Å². The van der Waals surface area contributed by atoms with Crippen LogP contribution in [-0.2, 0) is 4.74 Å². The van der Waals surface area contributed by atoms with E-state index in [9.17, 15) is 5.11 Å². The van der Waals surface area contributed by atoms with Gasteiger partial charge < -0.3 is 20.5 Å². The first kappa shape index (κ1) is 18.9. The molecule has 5 nitrogen and oxygen atoms in total. The van der Waals surface area contributed by atoms with Gasteiger partial charge in [0.25, 0.3) is 0 Å². The van der Waals surface area contributed by atoms with Gasteiger partial charge in [-0.15, -0.1) is 24.0 Å². The average Bonchev–Trinajstić information content (AvgIpc) is 3.17. The molecule has 114 valence electrons. The Bertz CT molecular complexity index is 248. The zero-order valence-corrected chi connectivity index (χ0v) is 14.4. The molecule has 0 bridgehead atoms. The molecule has 0 radical (unpaired) electrons. The third-order valence-electron chi connectivity index (χ3n) is 2.71. The fourth-order valence-corrected chi connectivity index (χ4v) is 1.49. The Labute approximate surface area is 133 Å². The number of aliphatic hydroxyl groups is 1. The van der Waals surface area contributed by atoms with Crippen LogP contribution in [0.25, 0.3) is 0 Å². The predicted octanol–water partition coefficient (Wildman–Crippen LogP) is 1.36. The molecule has 1 unspecified atom stereocenters. The summed E-state index contributed by atoms with van der Waals surface area (Å²) in [6, 6.07) is 0. The van der Waals surface area contributed by atoms with Crippen molar-refractivity contribution in [2.24, 2.45) is 10.9 Å². The van der Waals surface area contributed by atoms with Crippen LogP contribution in [0.15, 0.2) is 4.99 Å². The number of hydrogen-bond acceptors (Lipinski definition) is 3. The van der Waals surface area contributed by atoms with Gasteiger partial charge in [0.05, 0.1) is 19.3 Å². The number of nitrogens with one attached hydrogen (secondary N) is 2. The summed E-state index contributed by atoms with van der Waals surface area (Å²) in [7, 11) is 0. The van der Waals surface area contributed by atoms with E-state index in [0.29, 0.717) is 13.2 Å². The molecule has 0 aromatic carbocycles. The highest BCUT2D eigenvalue weighted by Gasteiger charge is 2.21. The molecule has 6 heteroatoms. The number of ether oxygens (including phenoxy) is 1. The second-order valence-electron chi connectivity index (χ2n) is 4.78. The van der Waals surface area contributed by atoms with E-state index in [2.05, 4.69) is 22.5 Å². The van der Waals surface area contributed by atoms with Gasteiger partial charge in [0.1, 0.15) is 0 Å². The maximum Gasteiger partial charge on any atom is 0.191 e. The van der Waals surface area contributed by atoms with Gasteiger partial charge in [-0.3, -0.25) is 4.99 Å². The number of halogens is 1. The topological polar surface area (TPSA) is 65.9 Å². The van der Waals surface area contributed by atoms with Gasteiger partial charge in [0.15, 0.2) is 5.96 Å². The highest BCUT2D eigenvalue weighted by Crippen LogP contribution is 2.28. The van der Waals surface area contributed by atoms with Crippen molar-refractivity contribution in [1.29, 1.82) is 0 Å². The molecule has 1 fully saturated rings. The molecule has 0 aromatic heterocycles. The van der Waals surface area contributed by atoms with Crippen LogP contribution in [-0.4, -0.2) is 50.0 Å². The second-order valence-corrected chi connectivity index (χ2v) is 4.78. The molecule has 0 aliphatic heterocycles. The van der Waals surface area contributed by atoms with Crippen molar-refractivity contribution in [2.75, 3.05) is 32.8 Å². The highest BCUT2D eigenvalue weighted by atomic mass is 127. The Morgan fingerprint density at radius 3 is 2.68 bits per heavy atom. The van der Waals surface area contributed by atoms with Crippen molar-refractivity contribution < 1.29 is 9.84 Å². The normalized spacial score (nSPS) is 16.7. The van der Waals surface area contributed by atoms with Gasteiger partial charge in [-0.25, -0.2) is 0 Å². The molecule has 0 saturated heterocycles. The van der Waals surface area contributed by atoms with Crippen LogP contribution in [0.1, 0.15) is 33.1 Å². The Balaban J connectivity index is 0.00000324. The van der Waals surface area contributed by atoms with Crippen molar-refractivity contribution >= 4 is 29.9 Å². The summed E-state index contributed by atoms with van der Waals surface area (Å²) in [4.78, 5) is 4.33. The fraction of sp³-hybridized carbons (Fsp3) is 0.923. The maximum absolute atomic E-state index is 9.74. The molecule has 1 atom stereocenters. The lowest BCUT2D eigenvalue weighted by Gasteiger charge is -2.12. The standard InChI is InChI=1S/C13H27N3O2.HI/c1-3-7-15-13(14-4-2)16-8-12(17)10-18-9-11-5-6-11;/h11-12,17H,3-10H2,1-2H3,(H2,14,15,16);1H. The predicted molar refractivity (Wildman–Crippen MR) is 89.2 cm³/mol. The van der Waals surface area contributed by atoms with Crippen molar-refractivity contribution in [3.63, 3.8) is 0 Å². The molecule has 19 heavy (non-hydrogen) atoms. The van der Waals surface area contributed by atoms with Crippen molar-refractivity contribution in [3.8, 4) is 0 Å². The summed E-state index contributed by atoms with van der Waals surface area (Å²) in [6.07, 6.45) is 3.09. The first-order chi connectivity index (χ1) is 8.76. The zero-order valence-electron chi connectivity index (χ0n) is 12.0. The monoisotopic (exact) mass is 385 g/mol. The molecule has 1 rings (SSSR count). The first-order valence-electron chi connectivity index (χ1n) is 7.04. The summed E-state index contributed by atoms with van der Waals surface area (Å²) in [5.74, 6) is 1.50. The molecule has 1 aliphatic rings. The Morgan fingerprint density at radius 1 is 1.37 bits per heavy atom. The molecule has 0 amide bonds. The Morgan fingerprint density at radius 2 is 2.11 bits per heavy atom. The van der Waals surface area contributed by atoms with E-state index >= 15 is 0 Å². The van der Waals surface area contributed by atoms with Crippen LogP contribution < -0.4 is 10.6 Å². The zero-order chi connectivity index (χ0) is 13.2. The average molecular weight is 385 g/mol. The van der Waals surface area contributed by atoms with E-state index < -0.39 is 6.10 Å². The number of aliphatic imine (C=N–C) groups is 1. The maximum atomic E-state index is 9.74. The molecule has 0 aromatic rings. The van der Waals surface area contributed by atoms with E-state index in [4.69, 9.17) is 4.74 Å². The van der Waals surface area contributed by atoms with E-state index in [1.807, 2.05) is 6.92 Å². The summed E-state index contributed by atoms with van der Waals surface area (Å²) >= 11 is 0. The molecule has 1 aliphatic carbocycles. The van der Waals surface area contributed by atoms with Gasteiger partial charge in [-0.1, -0.05) is 6.92 Å². The third-order valence-corrected chi connectivity index (χ3v) is 2.71. The number of rotatable bonds is 9. The number of hydrogen-bond donors (Lipinski definition) is 3. The van der Waals surface area contributed by atoms with E-state index in [0.717, 1.165) is 38.0 Å². The van der Waals surface area contributed by atoms with E-state index in [1.165, 1.54) is 12.8 Å². The lowest BCUT2D eigenvalue weighted by atomic mass is 10.4. The van der Waals surface area contributed by atoms with Gasteiger partial charge in [0, 0.05) is 19.7 Å². The minimum atomic E-state index is -0.513. The van der Waals surface area contributed by atoms with E-state index in [-0.39, 0.29) is 24.0 Å². The second kappa shape index (κ2) is 11.7. The molecular formula is C13H28IN3O2. The SMILES string of the molecule is CCCNC(=NCC(O)COCC1CC1)NCC.I. The highest BCUT2D eigenvalue weighted by molar-refractivity contribution is 14.0. The number of guanidine groups is 1. The van der Waals surface area contributed by atoms with Crippen LogP contribution in [0.3, 0.4) is 0 Å². The van der Waals surface area contributed by atoms with Gasteiger partial charge >= 0.3 is 0 Å². The van der Waals surface area contributed by atoms with Crippen LogP contribution in [0.4, 0.5) is 0 Å². The molecular weight excluding hydrogens is 357 g/mol. The minimum Gasteiger partial charge on any atom is -0.389 e. The molecule has 3 N–H and O–H groups in total. The van der Waals surface area contributed by atoms with Crippen LogP contribution in [0, 0.1) is 5.92 Å². The number of nitrogens with zero attached hydrogens (tertiary/aromatic N) is 1. The van der Waals surface area contributed by atoms with E-state index in [1.54, 1.807) is 0 Å². The van der Waals surface area contributed by atoms with Crippen molar-refractivity contribution in [3.05, 3.63) is 0 Å². The fourth-order valence-electron chi connectivity index (χ4n) is 1.49. The smallest absolute Gasteiger partial charge is 0.191 e. The Hall–Kier alpha value is -0.0800. The summed E-state index contributed by atoms with van der Waals surface area (Å²) in [6.45, 7) is 7.39. The van der Waals surface area contributed by atoms with Crippen molar-refractivity contribution in [1.82, 2.24) is 10.6 Å². The molecule has 0 spiro atoms. The summed E-state index contributed by atoms with van der Waals surface area (Å²) in [5, 5.41) is 16.1. The minimum absolute atomic E-state index is 0. The van der Waals surface area contributed by atoms with Crippen LogP contribution in [0.2, 0.25) is 0 Å². The van der Waals surface area contributed by atoms with Gasteiger partial charge in [-0.2, -0.15) is 0 Å². The van der Waals surface area contributed by atoms with Crippen LogP contribution >= 0.6 is 24.0 Å². The lowest BCUT2D eigenvalue weighted by Crippen LogP contribution is -2.38. The van der Waals surface area contributed by atoms with Gasteiger partial charge in [-0.05, 0) is 32.1 Å². The van der Waals surface area contributed by atoms with Gasteiger partial charge in [0.2, 0.25) is 0 Å². The lowest BCUT2D eigenvalue weighted by molar-refractivity contribution is 0.0368. The largest absolute Gasteiger partial charge is 0.389 e. The summed E-state index contributed by atoms with van der Waals surface area (Å²) in [5.41, 5.74) is 0.